The third-order valence-corrected chi connectivity index (χ3v) is 5.91. The van der Waals surface area contributed by atoms with E-state index in [1.54, 1.807) is 36.4 Å². The Hall–Kier alpha value is -3.33. The number of nitrogens with two attached hydrogens (primary N) is 1. The number of benzene rings is 2. The largest absolute Gasteiger partial charge is 0.497 e. The Bertz CT molecular complexity index is 1080. The van der Waals surface area contributed by atoms with E-state index in [-0.39, 0.29) is 18.9 Å². The molecular weight excluding hydrogens is 433 g/mol. The van der Waals surface area contributed by atoms with Crippen molar-refractivity contribution in [3.63, 3.8) is 0 Å². The van der Waals surface area contributed by atoms with Gasteiger partial charge in [-0.1, -0.05) is 43.3 Å². The van der Waals surface area contributed by atoms with E-state index in [1.165, 1.54) is 12.1 Å². The van der Waals surface area contributed by atoms with Gasteiger partial charge in [0, 0.05) is 13.1 Å². The molecule has 33 heavy (non-hydrogen) atoms. The Morgan fingerprint density at radius 2 is 1.76 bits per heavy atom. The number of aliphatic imine (C=N–C) groups is 1. The molecule has 2 heterocycles. The first-order valence-corrected chi connectivity index (χ1v) is 10.6. The zero-order valence-electron chi connectivity index (χ0n) is 18.3. The van der Waals surface area contributed by atoms with Gasteiger partial charge in [0.15, 0.2) is 0 Å². The molecule has 2 aliphatic rings. The minimum Gasteiger partial charge on any atom is -0.497 e. The van der Waals surface area contributed by atoms with Crippen LogP contribution in [-0.2, 0) is 17.8 Å². The van der Waals surface area contributed by atoms with E-state index < -0.39 is 29.7 Å². The molecule has 9 heteroatoms. The zero-order chi connectivity index (χ0) is 23.8. The molecule has 1 amide bonds. The van der Waals surface area contributed by atoms with Crippen molar-refractivity contribution in [2.75, 3.05) is 13.7 Å². The molecule has 2 aromatic rings. The van der Waals surface area contributed by atoms with Crippen molar-refractivity contribution in [3.05, 3.63) is 77.0 Å². The molecule has 0 aliphatic carbocycles. The van der Waals surface area contributed by atoms with Crippen molar-refractivity contribution in [1.29, 1.82) is 0 Å². The standard InChI is InChI=1S/C24H25F3N4O2/c1-3-15-4-8-17(9-5-15)20-12-21(24(25,26)27)31-23(29-20)19(22(28)32)14-30(31)13-16-6-10-18(33-2)11-7-16/h4-12,19-20H,3,13-14H2,1-2H3,(H2,28,32). The number of fused-ring (bicyclic) bond motifs is 1. The number of hydrogen-bond acceptors (Lipinski definition) is 5. The molecule has 0 radical (unpaired) electrons. The van der Waals surface area contributed by atoms with Gasteiger partial charge >= 0.3 is 6.18 Å². The Kier molecular flexibility index (Phi) is 6.16. The second kappa shape index (κ2) is 8.90. The van der Waals surface area contributed by atoms with Gasteiger partial charge in [0.25, 0.3) is 0 Å². The molecule has 1 saturated heterocycles. The lowest BCUT2D eigenvalue weighted by molar-refractivity contribution is -0.124. The number of aryl methyl sites for hydroxylation is 1. The van der Waals surface area contributed by atoms with Gasteiger partial charge < -0.3 is 10.5 Å². The Morgan fingerprint density at radius 3 is 2.30 bits per heavy atom. The number of hydrogen-bond donors (Lipinski definition) is 1. The lowest BCUT2D eigenvalue weighted by atomic mass is 10.0. The van der Waals surface area contributed by atoms with Gasteiger partial charge in [0.05, 0.1) is 13.2 Å². The van der Waals surface area contributed by atoms with Crippen LogP contribution in [0.3, 0.4) is 0 Å². The number of ether oxygens (including phenoxy) is 1. The van der Waals surface area contributed by atoms with Gasteiger partial charge in [-0.3, -0.25) is 14.8 Å². The van der Waals surface area contributed by atoms with Crippen LogP contribution < -0.4 is 10.5 Å². The highest BCUT2D eigenvalue weighted by molar-refractivity contribution is 6.05. The molecule has 2 aromatic carbocycles. The van der Waals surface area contributed by atoms with Gasteiger partial charge in [-0.25, -0.2) is 5.01 Å². The lowest BCUT2D eigenvalue weighted by Gasteiger charge is -2.36. The molecule has 4 rings (SSSR count). The van der Waals surface area contributed by atoms with Crippen molar-refractivity contribution < 1.29 is 22.7 Å². The van der Waals surface area contributed by atoms with Crippen LogP contribution in [0.4, 0.5) is 13.2 Å². The monoisotopic (exact) mass is 458 g/mol. The van der Waals surface area contributed by atoms with E-state index in [9.17, 15) is 18.0 Å². The van der Waals surface area contributed by atoms with E-state index in [0.29, 0.717) is 11.3 Å². The minimum absolute atomic E-state index is 0.00904. The summed E-state index contributed by atoms with van der Waals surface area (Å²) in [5.41, 5.74) is 7.18. The van der Waals surface area contributed by atoms with Crippen LogP contribution in [0, 0.1) is 5.92 Å². The molecular formula is C24H25F3N4O2. The summed E-state index contributed by atoms with van der Waals surface area (Å²) in [6.07, 6.45) is -2.72. The fourth-order valence-electron chi connectivity index (χ4n) is 4.12. The molecule has 0 spiro atoms. The van der Waals surface area contributed by atoms with Crippen molar-refractivity contribution in [2.24, 2.45) is 16.6 Å². The molecule has 0 bridgehead atoms. The van der Waals surface area contributed by atoms with Gasteiger partial charge in [-0.2, -0.15) is 13.2 Å². The van der Waals surface area contributed by atoms with Crippen LogP contribution in [0.5, 0.6) is 5.75 Å². The molecule has 1 fully saturated rings. The summed E-state index contributed by atoms with van der Waals surface area (Å²) >= 11 is 0. The first-order valence-electron chi connectivity index (χ1n) is 10.6. The van der Waals surface area contributed by atoms with Crippen LogP contribution in [0.2, 0.25) is 0 Å². The highest BCUT2D eigenvalue weighted by atomic mass is 19.4. The fraction of sp³-hybridized carbons (Fsp3) is 0.333. The number of halogens is 3. The van der Waals surface area contributed by atoms with Crippen LogP contribution in [-0.4, -0.2) is 41.6 Å². The summed E-state index contributed by atoms with van der Waals surface area (Å²) in [5.74, 6) is -0.996. The van der Waals surface area contributed by atoms with Gasteiger partial charge in [0.2, 0.25) is 5.91 Å². The summed E-state index contributed by atoms with van der Waals surface area (Å²) in [6.45, 7) is 2.16. The summed E-state index contributed by atoms with van der Waals surface area (Å²) in [6, 6.07) is 13.4. The van der Waals surface area contributed by atoms with E-state index >= 15 is 0 Å². The molecule has 2 aliphatic heterocycles. The van der Waals surface area contributed by atoms with Crippen LogP contribution in [0.25, 0.3) is 0 Å². The number of alkyl halides is 3. The summed E-state index contributed by atoms with van der Waals surface area (Å²) < 4.78 is 47.7. The summed E-state index contributed by atoms with van der Waals surface area (Å²) in [4.78, 5) is 16.8. The number of nitrogens with zero attached hydrogens (tertiary/aromatic N) is 3. The summed E-state index contributed by atoms with van der Waals surface area (Å²) in [7, 11) is 1.54. The third-order valence-electron chi connectivity index (χ3n) is 5.91. The number of amides is 1. The van der Waals surface area contributed by atoms with Crippen LogP contribution in [0.1, 0.15) is 29.7 Å². The van der Waals surface area contributed by atoms with Gasteiger partial charge in [-0.05, 0) is 41.3 Å². The van der Waals surface area contributed by atoms with Crippen LogP contribution in [0.15, 0.2) is 65.3 Å². The van der Waals surface area contributed by atoms with E-state index in [0.717, 1.165) is 28.6 Å². The number of rotatable bonds is 6. The molecule has 0 aromatic heterocycles. The van der Waals surface area contributed by atoms with Crippen LogP contribution >= 0.6 is 0 Å². The maximum Gasteiger partial charge on any atom is 0.432 e. The zero-order valence-corrected chi connectivity index (χ0v) is 18.3. The first-order chi connectivity index (χ1) is 15.7. The normalized spacial score (nSPS) is 20.8. The highest BCUT2D eigenvalue weighted by Gasteiger charge is 2.50. The van der Waals surface area contributed by atoms with Crippen molar-refractivity contribution in [1.82, 2.24) is 10.0 Å². The smallest absolute Gasteiger partial charge is 0.432 e. The minimum atomic E-state index is -4.65. The maximum atomic E-state index is 14.2. The predicted octanol–water partition coefficient (Wildman–Crippen LogP) is 3.99. The Labute approximate surface area is 190 Å². The number of allylic oxidation sites excluding steroid dienone is 1. The molecule has 2 N–H and O–H groups in total. The second-order valence-corrected chi connectivity index (χ2v) is 8.04. The first kappa shape index (κ1) is 22.8. The van der Waals surface area contributed by atoms with Gasteiger partial charge in [0.1, 0.15) is 23.2 Å². The van der Waals surface area contributed by atoms with E-state index in [2.05, 4.69) is 4.99 Å². The number of carbonyl (C=O) groups is 1. The predicted molar refractivity (Wildman–Crippen MR) is 118 cm³/mol. The molecule has 2 atom stereocenters. The topological polar surface area (TPSA) is 71.2 Å². The highest BCUT2D eigenvalue weighted by Crippen LogP contribution is 2.41. The third kappa shape index (κ3) is 4.59. The molecule has 2 unspecified atom stereocenters. The number of amidine groups is 1. The molecule has 0 saturated carbocycles. The van der Waals surface area contributed by atoms with E-state index in [4.69, 9.17) is 10.5 Å². The number of carbonyl (C=O) groups excluding carboxylic acids is 1. The number of methoxy groups -OCH3 is 1. The number of hydrazine groups is 1. The Balaban J connectivity index is 1.73. The average molecular weight is 458 g/mol. The van der Waals surface area contributed by atoms with E-state index in [1.807, 2.05) is 19.1 Å². The number of primary amides is 1. The summed E-state index contributed by atoms with van der Waals surface area (Å²) in [5, 5.41) is 2.47. The molecule has 6 nitrogen and oxygen atoms in total. The maximum absolute atomic E-state index is 14.2. The SMILES string of the molecule is CCc1ccc(C2C=C(C(F)(F)F)N3C(=N2)C(C(N)=O)CN3Cc2ccc(OC)cc2)cc1. The van der Waals surface area contributed by atoms with Crippen molar-refractivity contribution in [3.8, 4) is 5.75 Å². The second-order valence-electron chi connectivity index (χ2n) is 8.04. The average Bonchev–Trinajstić information content (AvgIpc) is 3.17. The fourth-order valence-corrected chi connectivity index (χ4v) is 4.12. The van der Waals surface area contributed by atoms with Gasteiger partial charge in [-0.15, -0.1) is 0 Å². The Morgan fingerprint density at radius 1 is 1.12 bits per heavy atom. The lowest BCUT2D eigenvalue weighted by Crippen LogP contribution is -2.45. The van der Waals surface area contributed by atoms with Crippen molar-refractivity contribution >= 4 is 11.7 Å². The quantitative estimate of drug-likeness (QED) is 0.711. The van der Waals surface area contributed by atoms with Crippen molar-refractivity contribution in [2.45, 2.75) is 32.1 Å². The molecule has 174 valence electrons.